The Morgan fingerprint density at radius 2 is 1.94 bits per heavy atom. The zero-order valence-corrected chi connectivity index (χ0v) is 11.1. The minimum absolute atomic E-state index is 0.0884. The van der Waals surface area contributed by atoms with E-state index in [9.17, 15) is 9.59 Å². The standard InChI is InChI=1S/C13H23NO4/c1-2-18-13(17)4-3-12(16)9-14-7-5-11(10-15)6-8-14/h11,15H,2-10H2,1H3. The lowest BCUT2D eigenvalue weighted by molar-refractivity contribution is -0.144. The van der Waals surface area contributed by atoms with Crippen molar-refractivity contribution in [2.45, 2.75) is 32.6 Å². The number of piperidine rings is 1. The van der Waals surface area contributed by atoms with Gasteiger partial charge in [-0.25, -0.2) is 0 Å². The smallest absolute Gasteiger partial charge is 0.306 e. The van der Waals surface area contributed by atoms with Gasteiger partial charge in [-0.2, -0.15) is 0 Å². The summed E-state index contributed by atoms with van der Waals surface area (Å²) in [5.41, 5.74) is 0. The van der Waals surface area contributed by atoms with Crippen molar-refractivity contribution < 1.29 is 19.4 Å². The van der Waals surface area contributed by atoms with E-state index in [1.807, 2.05) is 0 Å². The van der Waals surface area contributed by atoms with Crippen LogP contribution in [-0.4, -0.2) is 54.6 Å². The molecule has 1 rings (SSSR count). The molecule has 0 aromatic rings. The summed E-state index contributed by atoms with van der Waals surface area (Å²) in [6.45, 7) is 4.49. The summed E-state index contributed by atoms with van der Waals surface area (Å²) in [5, 5.41) is 9.02. The highest BCUT2D eigenvalue weighted by Gasteiger charge is 2.20. The fourth-order valence-corrected chi connectivity index (χ4v) is 2.13. The van der Waals surface area contributed by atoms with Crippen LogP contribution in [-0.2, 0) is 14.3 Å². The summed E-state index contributed by atoms with van der Waals surface area (Å²) < 4.78 is 4.78. The Balaban J connectivity index is 2.15. The van der Waals surface area contributed by atoms with Crippen molar-refractivity contribution >= 4 is 11.8 Å². The molecule has 5 heteroatoms. The van der Waals surface area contributed by atoms with E-state index in [1.54, 1.807) is 6.92 Å². The molecule has 0 spiro atoms. The molecular weight excluding hydrogens is 234 g/mol. The number of nitrogens with zero attached hydrogens (tertiary/aromatic N) is 1. The zero-order chi connectivity index (χ0) is 13.4. The van der Waals surface area contributed by atoms with E-state index in [2.05, 4.69) is 4.90 Å². The van der Waals surface area contributed by atoms with E-state index >= 15 is 0 Å². The molecule has 1 heterocycles. The van der Waals surface area contributed by atoms with Gasteiger partial charge in [-0.3, -0.25) is 14.5 Å². The summed E-state index contributed by atoms with van der Waals surface area (Å²) in [6.07, 6.45) is 2.34. The lowest BCUT2D eigenvalue weighted by atomic mass is 9.97. The Kier molecular flexibility index (Phi) is 6.90. The molecule has 5 nitrogen and oxygen atoms in total. The molecule has 1 fully saturated rings. The van der Waals surface area contributed by atoms with E-state index in [0.717, 1.165) is 25.9 Å². The summed E-state index contributed by atoms with van der Waals surface area (Å²) in [6, 6.07) is 0. The minimum Gasteiger partial charge on any atom is -0.466 e. The van der Waals surface area contributed by atoms with Crippen LogP contribution in [0.1, 0.15) is 32.6 Å². The van der Waals surface area contributed by atoms with Gasteiger partial charge in [-0.05, 0) is 38.8 Å². The maximum absolute atomic E-state index is 11.7. The number of aliphatic hydroxyl groups is 1. The number of hydrogen-bond donors (Lipinski definition) is 1. The lowest BCUT2D eigenvalue weighted by Gasteiger charge is -2.30. The predicted octanol–water partition coefficient (Wildman–Crippen LogP) is 0.603. The quantitative estimate of drug-likeness (QED) is 0.677. The third-order valence-electron chi connectivity index (χ3n) is 3.28. The largest absolute Gasteiger partial charge is 0.466 e. The minimum atomic E-state index is -0.301. The molecule has 0 radical (unpaired) electrons. The molecule has 0 bridgehead atoms. The molecule has 18 heavy (non-hydrogen) atoms. The molecule has 1 aliphatic rings. The maximum Gasteiger partial charge on any atom is 0.306 e. The Hall–Kier alpha value is -0.940. The van der Waals surface area contributed by atoms with E-state index in [0.29, 0.717) is 19.1 Å². The first-order chi connectivity index (χ1) is 8.65. The van der Waals surface area contributed by atoms with E-state index in [4.69, 9.17) is 9.84 Å². The topological polar surface area (TPSA) is 66.8 Å². The molecule has 0 atom stereocenters. The number of likely N-dealkylation sites (tertiary alicyclic amines) is 1. The van der Waals surface area contributed by atoms with Crippen molar-refractivity contribution in [3.63, 3.8) is 0 Å². The average molecular weight is 257 g/mol. The van der Waals surface area contributed by atoms with Crippen molar-refractivity contribution in [2.75, 3.05) is 32.8 Å². The predicted molar refractivity (Wildman–Crippen MR) is 67.1 cm³/mol. The van der Waals surface area contributed by atoms with E-state index in [1.165, 1.54) is 0 Å². The number of aliphatic hydroxyl groups excluding tert-OH is 1. The van der Waals surface area contributed by atoms with Crippen molar-refractivity contribution in [2.24, 2.45) is 5.92 Å². The van der Waals surface area contributed by atoms with Crippen LogP contribution in [0.5, 0.6) is 0 Å². The van der Waals surface area contributed by atoms with Gasteiger partial charge in [0.05, 0.1) is 19.6 Å². The normalized spacial score (nSPS) is 17.7. The second-order valence-electron chi connectivity index (χ2n) is 4.75. The molecule has 1 saturated heterocycles. The molecule has 0 aliphatic carbocycles. The van der Waals surface area contributed by atoms with Crippen molar-refractivity contribution in [3.05, 3.63) is 0 Å². The lowest BCUT2D eigenvalue weighted by Crippen LogP contribution is -2.38. The van der Waals surface area contributed by atoms with Gasteiger partial charge in [0, 0.05) is 13.0 Å². The van der Waals surface area contributed by atoms with Crippen LogP contribution in [0.15, 0.2) is 0 Å². The molecule has 104 valence electrons. The number of esters is 1. The third-order valence-corrected chi connectivity index (χ3v) is 3.28. The average Bonchev–Trinajstić information content (AvgIpc) is 2.38. The first-order valence-corrected chi connectivity index (χ1v) is 6.66. The van der Waals surface area contributed by atoms with Gasteiger partial charge in [0.25, 0.3) is 0 Å². The number of hydrogen-bond acceptors (Lipinski definition) is 5. The van der Waals surface area contributed by atoms with Crippen molar-refractivity contribution in [3.8, 4) is 0 Å². The fourth-order valence-electron chi connectivity index (χ4n) is 2.13. The van der Waals surface area contributed by atoms with Crippen LogP contribution >= 0.6 is 0 Å². The molecule has 1 aliphatic heterocycles. The monoisotopic (exact) mass is 257 g/mol. The number of ether oxygens (including phenoxy) is 1. The number of rotatable bonds is 7. The Bertz CT molecular complexity index is 272. The maximum atomic E-state index is 11.7. The van der Waals surface area contributed by atoms with Crippen LogP contribution in [0.2, 0.25) is 0 Å². The highest BCUT2D eigenvalue weighted by molar-refractivity contribution is 5.84. The molecule has 0 unspecified atom stereocenters. The number of ketones is 1. The van der Waals surface area contributed by atoms with Gasteiger partial charge in [0.2, 0.25) is 0 Å². The number of carbonyl (C=O) groups is 2. The van der Waals surface area contributed by atoms with E-state index in [-0.39, 0.29) is 31.2 Å². The summed E-state index contributed by atoms with van der Waals surface area (Å²) in [5.74, 6) is 0.172. The molecule has 0 amide bonds. The third kappa shape index (κ3) is 5.60. The van der Waals surface area contributed by atoms with Gasteiger partial charge in [-0.1, -0.05) is 0 Å². The zero-order valence-electron chi connectivity index (χ0n) is 11.1. The highest BCUT2D eigenvalue weighted by atomic mass is 16.5. The molecule has 0 aromatic carbocycles. The summed E-state index contributed by atoms with van der Waals surface area (Å²) >= 11 is 0. The van der Waals surface area contributed by atoms with Gasteiger partial charge in [0.15, 0.2) is 0 Å². The summed E-state index contributed by atoms with van der Waals surface area (Å²) in [4.78, 5) is 24.9. The van der Waals surface area contributed by atoms with Crippen LogP contribution in [0.25, 0.3) is 0 Å². The molecular formula is C13H23NO4. The second kappa shape index (κ2) is 8.21. The van der Waals surface area contributed by atoms with Crippen molar-refractivity contribution in [1.82, 2.24) is 4.90 Å². The fraction of sp³-hybridized carbons (Fsp3) is 0.846. The second-order valence-corrected chi connectivity index (χ2v) is 4.75. The van der Waals surface area contributed by atoms with Gasteiger partial charge >= 0.3 is 5.97 Å². The Labute approximate surface area is 108 Å². The number of carbonyl (C=O) groups excluding carboxylic acids is 2. The van der Waals surface area contributed by atoms with E-state index < -0.39 is 0 Å². The van der Waals surface area contributed by atoms with Crippen LogP contribution in [0.4, 0.5) is 0 Å². The molecule has 0 aromatic heterocycles. The summed E-state index contributed by atoms with van der Waals surface area (Å²) in [7, 11) is 0. The van der Waals surface area contributed by atoms with Crippen LogP contribution in [0.3, 0.4) is 0 Å². The molecule has 1 N–H and O–H groups in total. The van der Waals surface area contributed by atoms with Crippen LogP contribution in [0, 0.1) is 5.92 Å². The van der Waals surface area contributed by atoms with Gasteiger partial charge in [-0.15, -0.1) is 0 Å². The first kappa shape index (κ1) is 15.1. The Morgan fingerprint density at radius 3 is 2.50 bits per heavy atom. The SMILES string of the molecule is CCOC(=O)CCC(=O)CN1CCC(CO)CC1. The number of Topliss-reactive ketones (excluding diaryl/α,β-unsaturated/α-hetero) is 1. The van der Waals surface area contributed by atoms with Crippen molar-refractivity contribution in [1.29, 1.82) is 0 Å². The van der Waals surface area contributed by atoms with Crippen LogP contribution < -0.4 is 0 Å². The van der Waals surface area contributed by atoms with Gasteiger partial charge in [0.1, 0.15) is 5.78 Å². The first-order valence-electron chi connectivity index (χ1n) is 6.66. The highest BCUT2D eigenvalue weighted by Crippen LogP contribution is 2.16. The van der Waals surface area contributed by atoms with Gasteiger partial charge < -0.3 is 9.84 Å². The molecule has 0 saturated carbocycles. The Morgan fingerprint density at radius 1 is 1.28 bits per heavy atom.